The maximum atomic E-state index is 13.6. The van der Waals surface area contributed by atoms with Gasteiger partial charge in [-0.05, 0) is 62.2 Å². The first kappa shape index (κ1) is 97.5. The number of unbranched alkanes of at least 4 members (excludes halogenated alkanes) is 5. The van der Waals surface area contributed by atoms with Gasteiger partial charge in [0.05, 0.1) is 58.4 Å². The minimum Gasteiger partial charge on any atom is -0.744 e. The monoisotopic (exact) mass is 1660 g/mol. The van der Waals surface area contributed by atoms with Crippen LogP contribution in [0.1, 0.15) is 82.5 Å². The van der Waals surface area contributed by atoms with Gasteiger partial charge in [-0.15, -0.1) is 0 Å². The summed E-state index contributed by atoms with van der Waals surface area (Å²) in [5.41, 5.74) is -3.13. The summed E-state index contributed by atoms with van der Waals surface area (Å²) in [5.74, 6) is -8.28. The van der Waals surface area contributed by atoms with Crippen LogP contribution in [0.15, 0.2) is 72.8 Å². The maximum absolute atomic E-state index is 13.6. The van der Waals surface area contributed by atoms with Crippen LogP contribution in [0.3, 0.4) is 0 Å². The van der Waals surface area contributed by atoms with E-state index < -0.39 is 251 Å². The Kier molecular flexibility index (Phi) is 36.8. The van der Waals surface area contributed by atoms with Gasteiger partial charge in [0.1, 0.15) is 127 Å². The average molecular weight is 1670 g/mol. The number of ether oxygens (including phenoxy) is 8. The van der Waals surface area contributed by atoms with Gasteiger partial charge in [0.15, 0.2) is 18.9 Å². The molecule has 8 rings (SSSR count). The molecule has 4 aliphatic heterocycles. The fraction of sp³-hybridized carbons (Fsp3) is 0.603. The Bertz CT molecular complexity index is 4320. The fourth-order valence-electron chi connectivity index (χ4n) is 12.7. The predicted molar refractivity (Wildman–Crippen MR) is 357 cm³/mol. The largest absolute Gasteiger partial charge is 1.00 e. The van der Waals surface area contributed by atoms with Gasteiger partial charge in [0, 0.05) is 68.4 Å². The van der Waals surface area contributed by atoms with Crippen molar-refractivity contribution in [1.82, 2.24) is 16.0 Å². The van der Waals surface area contributed by atoms with Crippen LogP contribution < -0.4 is 131 Å². The molecule has 21 atom stereocenters. The summed E-state index contributed by atoms with van der Waals surface area (Å²) in [7, 11) is -16.8. The standard InChI is InChI=1S/C63H86N6O36S3.3Na/c1-26-46(78)51(83)52(84)60(99-26)103-56-45(67-28(3)74)59(101-37(25-72)54(56)102-61-53(85)57(48(80)36(24-71)100-61)105-63(62(87)88)22-34(75)42(66-27(2)73)55(104-63)47(79)35(76)23-70)98-18-9-7-5-4-6-8-13-40(77)64-16-17-65-43-44(50(82)49(43)81)68-30-12-10-11-29(19-30)58(86)69-33-14-15-38(107(92,93)94)32-20-31(106(89,90)91)21-39(41(32)33)108(95,96)97;;;/h10-12,14-15,19-21,26,34-37,42,45-48,51-57,59-61,65,68,70-72,75-76,78-80,83-85H,4-9,13,16-18,22-25H2,1-3H3,(H,64,77)(H,66,73)(H,67,74)(H,69,86)(H,87,88)(H,89,90,91)(H,92,93,94)(H,95,96,97);;;/q;3*+1/p-3/t26-,34+,35+,36-,37-,42-,45-,46+,47-,48+,51+,52-,53-,54-,55-,56-,57+,59-,60+,61+,63+;;;/m1.../s1. The Morgan fingerprint density at radius 2 is 1.24 bits per heavy atom. The van der Waals surface area contributed by atoms with E-state index in [1.165, 1.54) is 25.1 Å². The molecule has 0 saturated carbocycles. The van der Waals surface area contributed by atoms with E-state index in [1.807, 2.05) is 0 Å². The van der Waals surface area contributed by atoms with Crippen LogP contribution in [0.4, 0.5) is 22.7 Å². The van der Waals surface area contributed by atoms with Gasteiger partial charge >= 0.3 is 94.6 Å². The zero-order valence-electron chi connectivity index (χ0n) is 60.5. The number of aliphatic hydroxyl groups is 11. The summed E-state index contributed by atoms with van der Waals surface area (Å²) in [4.78, 5) is 86.0. The predicted octanol–water partition coefficient (Wildman–Crippen LogP) is -15.8. The fourth-order valence-corrected chi connectivity index (χ4v) is 14.7. The molecule has 4 fully saturated rings. The van der Waals surface area contributed by atoms with Crippen molar-refractivity contribution in [3.05, 3.63) is 74.5 Å². The second kappa shape index (κ2) is 41.8. The van der Waals surface area contributed by atoms with Gasteiger partial charge in [0.25, 0.3) is 22.6 Å². The molecule has 42 nitrogen and oxygen atoms in total. The van der Waals surface area contributed by atoms with Crippen LogP contribution in [-0.2, 0) is 87.4 Å². The quantitative estimate of drug-likeness (QED) is 0.00880. The van der Waals surface area contributed by atoms with E-state index in [4.69, 9.17) is 37.9 Å². The van der Waals surface area contributed by atoms with Crippen molar-refractivity contribution in [2.75, 3.05) is 55.5 Å². The summed E-state index contributed by atoms with van der Waals surface area (Å²) >= 11 is 0. The van der Waals surface area contributed by atoms with Gasteiger partial charge in [-0.25, -0.2) is 30.0 Å². The van der Waals surface area contributed by atoms with Crippen LogP contribution in [0.25, 0.3) is 10.8 Å². The Balaban J connectivity index is 0.00000735. The third kappa shape index (κ3) is 23.9. The van der Waals surface area contributed by atoms with Gasteiger partial charge in [0.2, 0.25) is 17.7 Å². The molecule has 4 aromatic rings. The normalized spacial score (nSPS) is 28.9. The number of amides is 4. The maximum Gasteiger partial charge on any atom is 1.00 e. The minimum atomic E-state index is -5.75. The Morgan fingerprint density at radius 3 is 1.85 bits per heavy atom. The number of anilines is 4. The molecule has 602 valence electrons. The number of carboxylic acid groups (broad SMARTS) is 1. The van der Waals surface area contributed by atoms with Crippen LogP contribution in [0, 0.1) is 0 Å². The molecule has 0 bridgehead atoms. The number of carboxylic acids is 1. The number of carbonyl (C=O) groups excluding carboxylic acids is 4. The Morgan fingerprint density at radius 1 is 0.649 bits per heavy atom. The third-order valence-corrected chi connectivity index (χ3v) is 20.7. The summed E-state index contributed by atoms with van der Waals surface area (Å²) in [5, 5.41) is 144. The van der Waals surface area contributed by atoms with Crippen LogP contribution >= 0.6 is 0 Å². The molecular formula is C63H83N6Na3O36S3. The molecule has 0 spiro atoms. The number of rotatable bonds is 35. The molecule has 18 N–H and O–H groups in total. The van der Waals surface area contributed by atoms with Crippen LogP contribution in [-0.4, -0.2) is 298 Å². The van der Waals surface area contributed by atoms with Crippen molar-refractivity contribution in [3.8, 4) is 0 Å². The van der Waals surface area contributed by atoms with Crippen molar-refractivity contribution in [2.24, 2.45) is 0 Å². The summed E-state index contributed by atoms with van der Waals surface area (Å²) in [6.45, 7) is -0.0104. The molecule has 0 aliphatic carbocycles. The van der Waals surface area contributed by atoms with Gasteiger partial charge in [-0.3, -0.25) is 28.8 Å². The first-order valence-electron chi connectivity index (χ1n) is 33.5. The molecule has 111 heavy (non-hydrogen) atoms. The summed E-state index contributed by atoms with van der Waals surface area (Å²) in [6, 6.07) is 3.67. The molecule has 4 aliphatic rings. The van der Waals surface area contributed by atoms with E-state index in [1.54, 1.807) is 0 Å². The SMILES string of the molecule is CC(=O)N[C@H]1[C@H](OCCCCCCCCC(=O)NCCNc2c(Nc3cccc(C(=O)Nc4ccc(S(=O)(=O)[O-])c5cc(S(=O)(=O)[O-])cc(S(=O)(=O)[O-])c45)c3)c(=O)c2=O)O[C@H](CO)[C@@H](O[C@@H]2O[C@H](CO)[C@H](O)[C@H](O[C@]3(C(=O)O)C[C@H](O)[C@@H](NC(C)=O)[C@H]([C@H](O)[C@@H](O)CO)O3)[C@H]2O)[C@@H]1O[C@@H]1O[C@H](C)[C@H](O)[C@H](O)[C@H]1O.[Na+].[Na+].[Na+]. The van der Waals surface area contributed by atoms with Crippen molar-refractivity contribution < 1.29 is 251 Å². The summed E-state index contributed by atoms with van der Waals surface area (Å²) in [6.07, 6.45) is -32.7. The number of fused-ring (bicyclic) bond motifs is 1. The van der Waals surface area contributed by atoms with E-state index in [2.05, 4.69) is 31.9 Å². The van der Waals surface area contributed by atoms with E-state index in [9.17, 15) is 134 Å². The van der Waals surface area contributed by atoms with Crippen molar-refractivity contribution in [1.29, 1.82) is 0 Å². The molecule has 4 heterocycles. The molecule has 0 radical (unpaired) electrons. The van der Waals surface area contributed by atoms with Crippen LogP contribution in [0.5, 0.6) is 0 Å². The zero-order valence-corrected chi connectivity index (χ0v) is 68.9. The zero-order chi connectivity index (χ0) is 79.8. The number of hydrogen-bond donors (Lipinski definition) is 18. The van der Waals surface area contributed by atoms with Gasteiger partial charge in [-0.2, -0.15) is 0 Å². The first-order chi connectivity index (χ1) is 50.7. The molecule has 48 heteroatoms. The van der Waals surface area contributed by atoms with E-state index in [-0.39, 0.29) is 149 Å². The topological polar surface area (TPSA) is 680 Å². The van der Waals surface area contributed by atoms with Crippen molar-refractivity contribution in [3.63, 3.8) is 0 Å². The van der Waals surface area contributed by atoms with Gasteiger partial charge < -0.3 is 145 Å². The number of aliphatic hydroxyl groups excluding tert-OH is 11. The molecule has 4 aromatic carbocycles. The van der Waals surface area contributed by atoms with Gasteiger partial charge in [-0.1, -0.05) is 31.7 Å². The van der Waals surface area contributed by atoms with E-state index >= 15 is 0 Å². The Hall–Kier alpha value is -4.08. The molecule has 0 aromatic heterocycles. The number of benzene rings is 3. The first-order valence-corrected chi connectivity index (χ1v) is 37.7. The minimum absolute atomic E-state index is 0. The number of nitrogens with one attached hydrogen (secondary N) is 6. The second-order valence-corrected chi connectivity index (χ2v) is 30.0. The van der Waals surface area contributed by atoms with Crippen LogP contribution in [0.2, 0.25) is 0 Å². The van der Waals surface area contributed by atoms with E-state index in [0.29, 0.717) is 50.7 Å². The smallest absolute Gasteiger partial charge is 0.744 e. The third-order valence-electron chi connectivity index (χ3n) is 18.1. The van der Waals surface area contributed by atoms with Crippen molar-refractivity contribution >= 4 is 93.5 Å². The Labute approximate surface area is 699 Å². The summed E-state index contributed by atoms with van der Waals surface area (Å²) < 4.78 is 157. The second-order valence-electron chi connectivity index (χ2n) is 25.9. The average Bonchev–Trinajstić information content (AvgIpc) is 0.744. The molecule has 4 amide bonds. The molecule has 0 unspecified atom stereocenters. The van der Waals surface area contributed by atoms with Crippen molar-refractivity contribution in [2.45, 2.75) is 215 Å². The number of hydrogen-bond acceptors (Lipinski definition) is 37. The number of aliphatic carboxylic acids is 1. The molecule has 4 saturated heterocycles. The molecular weight excluding hydrogens is 1580 g/mol. The van der Waals surface area contributed by atoms with E-state index in [0.717, 1.165) is 26.0 Å². The number of carbonyl (C=O) groups is 5.